The maximum absolute atomic E-state index is 13.2. The molecule has 0 saturated heterocycles. The van der Waals surface area contributed by atoms with Crippen molar-refractivity contribution in [1.29, 1.82) is 0 Å². The van der Waals surface area contributed by atoms with Gasteiger partial charge in [-0.3, -0.25) is 10.1 Å². The van der Waals surface area contributed by atoms with E-state index in [-0.39, 0.29) is 5.91 Å². The van der Waals surface area contributed by atoms with Crippen LogP contribution in [-0.2, 0) is 0 Å². The van der Waals surface area contributed by atoms with E-state index in [1.807, 2.05) is 90.3 Å². The first kappa shape index (κ1) is 19.4. The molecule has 0 atom stereocenters. The molecule has 0 fully saturated rings. The monoisotopic (exact) mass is 441 g/mol. The second-order valence-corrected chi connectivity index (χ2v) is 8.23. The van der Waals surface area contributed by atoms with Gasteiger partial charge in [0.25, 0.3) is 5.91 Å². The highest BCUT2D eigenvalue weighted by molar-refractivity contribution is 7.14. The Hall–Kier alpha value is -3.54. The molecule has 5 aromatic rings. The molecule has 6 heteroatoms. The van der Waals surface area contributed by atoms with Gasteiger partial charge in [-0.05, 0) is 24.3 Å². The van der Waals surface area contributed by atoms with E-state index in [1.54, 1.807) is 0 Å². The van der Waals surface area contributed by atoms with Crippen molar-refractivity contribution in [3.63, 3.8) is 0 Å². The lowest BCUT2D eigenvalue weighted by Gasteiger charge is -2.10. The van der Waals surface area contributed by atoms with Gasteiger partial charge in [0, 0.05) is 26.9 Å². The number of para-hydroxylation sites is 1. The number of rotatable bonds is 4. The van der Waals surface area contributed by atoms with Crippen molar-refractivity contribution in [3.05, 3.63) is 101 Å². The normalized spacial score (nSPS) is 10.9. The molecule has 0 unspecified atom stereocenters. The zero-order valence-corrected chi connectivity index (χ0v) is 17.8. The summed E-state index contributed by atoms with van der Waals surface area (Å²) in [5.74, 6) is -0.220. The Kier molecular flexibility index (Phi) is 5.20. The molecule has 2 heterocycles. The molecular weight excluding hydrogens is 426 g/mol. The predicted molar refractivity (Wildman–Crippen MR) is 128 cm³/mol. The Morgan fingerprint density at radius 2 is 1.52 bits per heavy atom. The van der Waals surface area contributed by atoms with Crippen LogP contribution in [0.2, 0.25) is 5.02 Å². The second-order valence-electron chi connectivity index (χ2n) is 6.94. The second kappa shape index (κ2) is 8.30. The van der Waals surface area contributed by atoms with Crippen molar-refractivity contribution in [2.75, 3.05) is 5.32 Å². The van der Waals surface area contributed by atoms with Crippen LogP contribution >= 0.6 is 22.9 Å². The van der Waals surface area contributed by atoms with Crippen molar-refractivity contribution in [1.82, 2.24) is 9.97 Å². The van der Waals surface area contributed by atoms with Gasteiger partial charge in [-0.1, -0.05) is 72.3 Å². The van der Waals surface area contributed by atoms with E-state index in [1.165, 1.54) is 11.3 Å². The minimum atomic E-state index is -0.220. The number of halogens is 1. The molecule has 150 valence electrons. The van der Waals surface area contributed by atoms with Crippen molar-refractivity contribution < 1.29 is 4.79 Å². The van der Waals surface area contributed by atoms with Crippen molar-refractivity contribution in [2.24, 2.45) is 0 Å². The van der Waals surface area contributed by atoms with Crippen molar-refractivity contribution in [3.8, 4) is 22.5 Å². The van der Waals surface area contributed by atoms with Crippen LogP contribution in [0.1, 0.15) is 10.4 Å². The molecule has 0 aliphatic carbocycles. The van der Waals surface area contributed by atoms with Gasteiger partial charge in [-0.2, -0.15) is 0 Å². The number of pyridine rings is 1. The van der Waals surface area contributed by atoms with Gasteiger partial charge in [0.2, 0.25) is 0 Å². The van der Waals surface area contributed by atoms with E-state index in [4.69, 9.17) is 16.6 Å². The number of thiazole rings is 1. The van der Waals surface area contributed by atoms with E-state index < -0.39 is 0 Å². The van der Waals surface area contributed by atoms with Gasteiger partial charge in [-0.25, -0.2) is 9.97 Å². The average Bonchev–Trinajstić information content (AvgIpc) is 3.28. The first-order chi connectivity index (χ1) is 15.2. The number of hydrogen-bond acceptors (Lipinski definition) is 4. The third kappa shape index (κ3) is 4.06. The fraction of sp³-hybridized carbons (Fsp3) is 0. The quantitative estimate of drug-likeness (QED) is 0.329. The molecule has 3 aromatic carbocycles. The summed E-state index contributed by atoms with van der Waals surface area (Å²) in [6.45, 7) is 0. The first-order valence-corrected chi connectivity index (χ1v) is 10.9. The Balaban J connectivity index is 1.51. The van der Waals surface area contributed by atoms with Gasteiger partial charge in [0.1, 0.15) is 0 Å². The largest absolute Gasteiger partial charge is 0.298 e. The molecule has 1 N–H and O–H groups in total. The van der Waals surface area contributed by atoms with Gasteiger partial charge < -0.3 is 0 Å². The Morgan fingerprint density at radius 3 is 2.32 bits per heavy atom. The zero-order chi connectivity index (χ0) is 21.2. The highest BCUT2D eigenvalue weighted by Gasteiger charge is 2.16. The summed E-state index contributed by atoms with van der Waals surface area (Å²) in [6, 6.07) is 26.7. The molecule has 1 amide bonds. The summed E-state index contributed by atoms with van der Waals surface area (Å²) in [7, 11) is 0. The molecule has 0 radical (unpaired) electrons. The zero-order valence-electron chi connectivity index (χ0n) is 16.2. The Bertz CT molecular complexity index is 1380. The number of hydrogen-bond donors (Lipinski definition) is 1. The maximum Gasteiger partial charge on any atom is 0.258 e. The molecule has 0 spiro atoms. The molecule has 0 saturated carbocycles. The van der Waals surface area contributed by atoms with Crippen molar-refractivity contribution in [2.45, 2.75) is 0 Å². The number of nitrogens with one attached hydrogen (secondary N) is 1. The lowest BCUT2D eigenvalue weighted by atomic mass is 10.0. The summed E-state index contributed by atoms with van der Waals surface area (Å²) in [4.78, 5) is 22.5. The van der Waals surface area contributed by atoms with Crippen LogP contribution in [0.4, 0.5) is 5.13 Å². The molecule has 31 heavy (non-hydrogen) atoms. The van der Waals surface area contributed by atoms with Crippen LogP contribution in [0, 0.1) is 0 Å². The smallest absolute Gasteiger partial charge is 0.258 e. The summed E-state index contributed by atoms with van der Waals surface area (Å²) in [5, 5.41) is 6.88. The van der Waals surface area contributed by atoms with Gasteiger partial charge >= 0.3 is 0 Å². The lowest BCUT2D eigenvalue weighted by molar-refractivity contribution is 0.102. The van der Waals surface area contributed by atoms with Crippen LogP contribution in [0.25, 0.3) is 33.4 Å². The first-order valence-electron chi connectivity index (χ1n) is 9.65. The van der Waals surface area contributed by atoms with Crippen LogP contribution < -0.4 is 5.32 Å². The molecule has 2 aromatic heterocycles. The van der Waals surface area contributed by atoms with E-state index in [9.17, 15) is 4.79 Å². The van der Waals surface area contributed by atoms with E-state index in [0.29, 0.717) is 21.4 Å². The average molecular weight is 442 g/mol. The van der Waals surface area contributed by atoms with Crippen LogP contribution in [0.3, 0.4) is 0 Å². The van der Waals surface area contributed by atoms with Gasteiger partial charge in [0.15, 0.2) is 5.13 Å². The molecule has 4 nitrogen and oxygen atoms in total. The number of carbonyl (C=O) groups is 1. The standard InChI is InChI=1S/C25H16ClN3OS/c26-18-12-10-17(11-13-18)22-14-20(19-8-4-5-9-21(19)27-22)24(30)29-25-28-23(15-31-25)16-6-2-1-3-7-16/h1-15H,(H,28,29,30). The summed E-state index contributed by atoms with van der Waals surface area (Å²) in [5.41, 5.74) is 4.76. The van der Waals surface area contributed by atoms with E-state index >= 15 is 0 Å². The van der Waals surface area contributed by atoms with Crippen molar-refractivity contribution >= 4 is 44.9 Å². The highest BCUT2D eigenvalue weighted by atomic mass is 35.5. The molecule has 5 rings (SSSR count). The molecule has 0 aliphatic heterocycles. The fourth-order valence-corrected chi connectivity index (χ4v) is 4.21. The number of carbonyl (C=O) groups excluding carboxylic acids is 1. The third-order valence-corrected chi connectivity index (χ3v) is 5.90. The lowest BCUT2D eigenvalue weighted by Crippen LogP contribution is -2.13. The Labute approximate surface area is 188 Å². The van der Waals surface area contributed by atoms with Crippen LogP contribution in [0.15, 0.2) is 90.3 Å². The van der Waals surface area contributed by atoms with Crippen LogP contribution in [0.5, 0.6) is 0 Å². The minimum Gasteiger partial charge on any atom is -0.298 e. The number of benzene rings is 3. The van der Waals surface area contributed by atoms with E-state index in [2.05, 4.69) is 10.3 Å². The van der Waals surface area contributed by atoms with Gasteiger partial charge in [-0.15, -0.1) is 11.3 Å². The number of fused-ring (bicyclic) bond motifs is 1. The minimum absolute atomic E-state index is 0.220. The number of anilines is 1. The molecule has 0 bridgehead atoms. The molecule has 0 aliphatic rings. The summed E-state index contributed by atoms with van der Waals surface area (Å²) in [6.07, 6.45) is 0. The van der Waals surface area contributed by atoms with Gasteiger partial charge in [0.05, 0.1) is 22.5 Å². The maximum atomic E-state index is 13.2. The number of aromatic nitrogens is 2. The Morgan fingerprint density at radius 1 is 0.806 bits per heavy atom. The summed E-state index contributed by atoms with van der Waals surface area (Å²) < 4.78 is 0. The predicted octanol–water partition coefficient (Wildman–Crippen LogP) is 6.93. The fourth-order valence-electron chi connectivity index (χ4n) is 3.37. The third-order valence-electron chi connectivity index (χ3n) is 4.89. The SMILES string of the molecule is O=C(Nc1nc(-c2ccccc2)cs1)c1cc(-c2ccc(Cl)cc2)nc2ccccc12. The topological polar surface area (TPSA) is 54.9 Å². The highest BCUT2D eigenvalue weighted by Crippen LogP contribution is 2.28. The molecular formula is C25H16ClN3OS. The number of nitrogens with zero attached hydrogens (tertiary/aromatic N) is 2. The number of amides is 1. The summed E-state index contributed by atoms with van der Waals surface area (Å²) >= 11 is 7.42. The van der Waals surface area contributed by atoms with Crippen LogP contribution in [-0.4, -0.2) is 15.9 Å². The van der Waals surface area contributed by atoms with E-state index in [0.717, 1.165) is 27.7 Å².